The molecule has 0 aromatic carbocycles. The van der Waals surface area contributed by atoms with Crippen LogP contribution < -0.4 is 10.2 Å². The Labute approximate surface area is 663 Å². The third-order valence-electron chi connectivity index (χ3n) is 13.1. The molecule has 10 heterocycles. The van der Waals surface area contributed by atoms with Crippen LogP contribution in [-0.4, -0.2) is 181 Å². The molecule has 0 fully saturated rings. The van der Waals surface area contributed by atoms with Crippen LogP contribution >= 0.6 is 0 Å². The molecule has 4 radical (unpaired) electrons. The molecule has 0 bridgehead atoms. The van der Waals surface area contributed by atoms with E-state index < -0.39 is 30.5 Å². The van der Waals surface area contributed by atoms with E-state index in [4.69, 9.17) is 91.9 Å². The van der Waals surface area contributed by atoms with Crippen LogP contribution in [0.4, 0.5) is 0 Å². The summed E-state index contributed by atoms with van der Waals surface area (Å²) in [4.78, 5) is 94.8. The smallest absolute Gasteiger partial charge is 0.578 e. The third-order valence-corrected chi connectivity index (χ3v) is 13.1. The van der Waals surface area contributed by atoms with Gasteiger partial charge in [-0.3, -0.25) is 19.6 Å². The molecule has 632 valence electrons. The zero-order valence-electron chi connectivity index (χ0n) is 58.8. The Morgan fingerprint density at radius 2 is 0.391 bits per heavy atom. The first-order valence-corrected chi connectivity index (χ1v) is 27.7. The van der Waals surface area contributed by atoms with Crippen molar-refractivity contribution in [2.24, 2.45) is 56.4 Å². The molecule has 0 amide bonds. The average Bonchev–Trinajstić information content (AvgIpc) is 1.71. The number of hydrogen-bond acceptors (Lipinski definition) is 32. The Balaban J connectivity index is -0.000000162. The quantitative estimate of drug-likeness (QED) is 0.0310. The van der Waals surface area contributed by atoms with Crippen molar-refractivity contribution in [3.05, 3.63) is 273 Å². The molecular weight excluding hydrogens is 1690 g/mol. The Bertz CT molecular complexity index is 3320. The van der Waals surface area contributed by atoms with E-state index >= 15 is 0 Å². The Hall–Kier alpha value is -11.1. The Morgan fingerprint density at radius 3 is 0.509 bits per heavy atom. The molecule has 16 N–H and O–H groups in total. The van der Waals surface area contributed by atoms with Crippen molar-refractivity contribution in [1.82, 2.24) is 116 Å². The van der Waals surface area contributed by atoms with E-state index in [1.807, 2.05) is 192 Å². The molecule has 0 aliphatic rings. The summed E-state index contributed by atoms with van der Waals surface area (Å²) >= 11 is 0. The van der Waals surface area contributed by atoms with Crippen molar-refractivity contribution in [2.75, 3.05) is 0 Å². The molecule has 0 unspecified atom stereocenters. The van der Waals surface area contributed by atoms with Gasteiger partial charge in [0, 0.05) is 193 Å². The second-order valence-corrected chi connectivity index (χ2v) is 20.2. The van der Waals surface area contributed by atoms with Crippen LogP contribution in [0.1, 0.15) is 69.4 Å². The molecule has 0 spiro atoms. The molecule has 10 rings (SSSR count). The minimum Gasteiger partial charge on any atom is -0.578 e. The number of rotatable bonds is 24. The van der Waals surface area contributed by atoms with Crippen molar-refractivity contribution in [1.29, 1.82) is 0 Å². The van der Waals surface area contributed by atoms with Gasteiger partial charge in [0.05, 0.1) is 82.9 Å². The molecule has 0 saturated heterocycles. The van der Waals surface area contributed by atoms with Crippen LogP contribution in [0.15, 0.2) is 111 Å². The summed E-state index contributed by atoms with van der Waals surface area (Å²) in [6, 6.07) is 4.18. The van der Waals surface area contributed by atoms with Crippen molar-refractivity contribution >= 4 is 0 Å². The number of hydrogen-bond donors (Lipinski definition) is 0. The van der Waals surface area contributed by atoms with E-state index in [1.54, 1.807) is 0 Å². The molecular formula is C50H82Cu4N30O26. The van der Waals surface area contributed by atoms with Gasteiger partial charge < -0.3 is 193 Å². The van der Waals surface area contributed by atoms with Gasteiger partial charge in [-0.2, -0.15) is 0 Å². The number of imidazole rings is 8. The van der Waals surface area contributed by atoms with Crippen molar-refractivity contribution in [3.63, 3.8) is 0 Å². The minimum atomic E-state index is -1.75. The fraction of sp³-hybridized carbons (Fsp3) is 0.400. The summed E-state index contributed by atoms with van der Waals surface area (Å²) in [6.45, 7) is 8.05. The fourth-order valence-electron chi connectivity index (χ4n) is 8.64. The maximum absolute atomic E-state index is 8.25. The standard InChI is InChI=1S/2C25H33N12.4Cu.6NO3.8H2O/c2*1-32-9-5-26-22(32)16-36(17-23-27-6-10-33(23)2)14-20-13-21(31-30-20)15-37(18-24-28-7-11-34(24)3)19-25-29-8-12-35(25)4;;;;;6*2-1(3)4;;;;;;;;/h2*5-13H,14-19H2,1-4H3;;;;;;;;;;;8*1H2/q2*-1;4*+2;6*-1;;;;;;;;. The molecule has 10 aromatic heterocycles. The van der Waals surface area contributed by atoms with Gasteiger partial charge in [0.2, 0.25) is 0 Å². The molecule has 56 nitrogen and oxygen atoms in total. The van der Waals surface area contributed by atoms with E-state index in [0.29, 0.717) is 78.5 Å². The summed E-state index contributed by atoms with van der Waals surface area (Å²) in [5.74, 6) is 7.93. The maximum Gasteiger partial charge on any atom is 2.00 e. The zero-order chi connectivity index (χ0) is 73.0. The summed E-state index contributed by atoms with van der Waals surface area (Å²) in [5.41, 5.74) is 3.69. The van der Waals surface area contributed by atoms with Crippen LogP contribution in [0.2, 0.25) is 0 Å². The fourth-order valence-corrected chi connectivity index (χ4v) is 8.64. The summed E-state index contributed by atoms with van der Waals surface area (Å²) < 4.78 is 16.3. The van der Waals surface area contributed by atoms with Gasteiger partial charge in [0.15, 0.2) is 0 Å². The second-order valence-electron chi connectivity index (χ2n) is 20.2. The van der Waals surface area contributed by atoms with Crippen molar-refractivity contribution < 1.29 is 143 Å². The molecule has 0 aliphatic carbocycles. The third kappa shape index (κ3) is 49.0. The van der Waals surface area contributed by atoms with E-state index in [0.717, 1.165) is 69.4 Å². The van der Waals surface area contributed by atoms with Crippen LogP contribution in [0, 0.1) is 91.9 Å². The topological polar surface area (TPSA) is 859 Å². The van der Waals surface area contributed by atoms with Gasteiger partial charge in [0.1, 0.15) is 46.6 Å². The van der Waals surface area contributed by atoms with Gasteiger partial charge in [-0.05, 0) is 0 Å². The van der Waals surface area contributed by atoms with Gasteiger partial charge in [-0.1, -0.05) is 12.1 Å². The summed E-state index contributed by atoms with van der Waals surface area (Å²) in [7, 11) is 16.1. The largest absolute Gasteiger partial charge is 2.00 e. The molecule has 0 aliphatic heterocycles. The Kier molecular flexibility index (Phi) is 68.6. The maximum atomic E-state index is 8.25. The van der Waals surface area contributed by atoms with Crippen LogP contribution in [0.25, 0.3) is 0 Å². The second kappa shape index (κ2) is 62.9. The Morgan fingerprint density at radius 1 is 0.264 bits per heavy atom. The minimum absolute atomic E-state index is 0. The predicted molar refractivity (Wildman–Crippen MR) is 364 cm³/mol. The number of aryl methyl sites for hydroxylation is 8. The first-order chi connectivity index (χ1) is 46.3. The van der Waals surface area contributed by atoms with Gasteiger partial charge >= 0.3 is 68.3 Å². The average molecular weight is 1770 g/mol. The predicted octanol–water partition coefficient (Wildman–Crippen LogP) is -5.29. The first kappa shape index (κ1) is 120. The molecule has 10 aromatic rings. The molecule has 60 heteroatoms. The number of aromatic nitrogens is 20. The van der Waals surface area contributed by atoms with E-state index in [2.05, 4.69) is 92.0 Å². The van der Waals surface area contributed by atoms with Gasteiger partial charge in [0.25, 0.3) is 0 Å². The van der Waals surface area contributed by atoms with Crippen molar-refractivity contribution in [3.8, 4) is 0 Å². The monoisotopic (exact) mass is 1770 g/mol. The SMILES string of the molecule is Cn1ccnc1CN(Cc1cc(CN(Cc2nccn2C)Cc2nccn2C)[n-]n1)Cc1nccn1C.Cn1ccnc1CN(Cc1cc(CN(Cc2nccn2C)Cc2nccn2C)[n-]n1)Cc1nccn1C.O.O.O.O.O.O.O.O.O=[N+]([O-])[O-].O=[N+]([O-])[O-].O=[N+]([O-])[O-].O=[N+]([O-])[O-].O=[N+]([O-])[O-].O=[N+]([O-])[O-].[Cu+2].[Cu+2].[Cu+2].[Cu+2]. The number of nitrogens with zero attached hydrogens (tertiary/aromatic N) is 30. The van der Waals surface area contributed by atoms with Gasteiger partial charge in [-0.25, -0.2) is 39.9 Å². The normalized spacial score (nSPS) is 9.27. The first-order valence-electron chi connectivity index (χ1n) is 27.7. The summed E-state index contributed by atoms with van der Waals surface area (Å²) in [6.07, 6.45) is 30.3. The van der Waals surface area contributed by atoms with E-state index in [9.17, 15) is 0 Å². The zero-order valence-corrected chi connectivity index (χ0v) is 62.6. The molecule has 0 saturated carbocycles. The van der Waals surface area contributed by atoms with Crippen LogP contribution in [-0.2, 0) is 203 Å². The van der Waals surface area contributed by atoms with Crippen molar-refractivity contribution in [2.45, 2.75) is 78.5 Å². The van der Waals surface area contributed by atoms with E-state index in [1.165, 1.54) is 0 Å². The van der Waals surface area contributed by atoms with E-state index in [-0.39, 0.29) is 112 Å². The van der Waals surface area contributed by atoms with Gasteiger partial charge in [-0.15, -0.1) is 11.4 Å². The molecule has 0 atom stereocenters. The van der Waals surface area contributed by atoms with Crippen LogP contribution in [0.5, 0.6) is 0 Å². The summed E-state index contributed by atoms with van der Waals surface area (Å²) in [5, 5.41) is 107. The van der Waals surface area contributed by atoms with Crippen LogP contribution in [0.3, 0.4) is 0 Å². The molecule has 110 heavy (non-hydrogen) atoms.